The molecule has 0 saturated heterocycles. The van der Waals surface area contributed by atoms with Crippen LogP contribution in [0, 0.1) is 28.6 Å². The molecule has 1 aliphatic carbocycles. The first-order valence-corrected chi connectivity index (χ1v) is 8.49. The van der Waals surface area contributed by atoms with Crippen molar-refractivity contribution in [2.75, 3.05) is 0 Å². The first-order valence-electron chi connectivity index (χ1n) is 8.49. The Labute approximate surface area is 163 Å². The van der Waals surface area contributed by atoms with Crippen LogP contribution >= 0.6 is 0 Å². The molecule has 0 radical (unpaired) electrons. The van der Waals surface area contributed by atoms with Gasteiger partial charge in [0, 0.05) is 12.5 Å². The summed E-state index contributed by atoms with van der Waals surface area (Å²) in [5.41, 5.74) is 0.885. The Morgan fingerprint density at radius 3 is 2.34 bits per heavy atom. The number of carbonyl (C=O) groups is 1. The largest absolute Gasteiger partial charge is 0.431 e. The molecule has 10 heteroatoms. The summed E-state index contributed by atoms with van der Waals surface area (Å²) in [6, 6.07) is 7.53. The summed E-state index contributed by atoms with van der Waals surface area (Å²) >= 11 is 0. The maximum Gasteiger partial charge on any atom is 0.387 e. The van der Waals surface area contributed by atoms with E-state index in [9.17, 15) is 32.9 Å². The van der Waals surface area contributed by atoms with Crippen LogP contribution < -0.4 is 9.47 Å². The van der Waals surface area contributed by atoms with Crippen LogP contribution in [0.1, 0.15) is 37.7 Å². The Balaban J connectivity index is 2.30. The van der Waals surface area contributed by atoms with Crippen molar-refractivity contribution < 1.29 is 36.6 Å². The van der Waals surface area contributed by atoms with Gasteiger partial charge in [0.15, 0.2) is 11.5 Å². The van der Waals surface area contributed by atoms with Crippen LogP contribution in [0.3, 0.4) is 0 Å². The van der Waals surface area contributed by atoms with Crippen LogP contribution in [-0.4, -0.2) is 19.2 Å². The van der Waals surface area contributed by atoms with Crippen LogP contribution in [0.5, 0.6) is 11.5 Å². The number of nitrogens with zero attached hydrogens (tertiary/aromatic N) is 2. The van der Waals surface area contributed by atoms with Gasteiger partial charge in [-0.3, -0.25) is 4.79 Å². The van der Waals surface area contributed by atoms with E-state index in [1.54, 1.807) is 6.07 Å². The fourth-order valence-electron chi connectivity index (χ4n) is 3.22. The second-order valence-corrected chi connectivity index (χ2v) is 6.18. The van der Waals surface area contributed by atoms with Crippen LogP contribution in [0.4, 0.5) is 17.6 Å². The molecule has 1 saturated carbocycles. The van der Waals surface area contributed by atoms with Gasteiger partial charge in [0.25, 0.3) is 0 Å². The van der Waals surface area contributed by atoms with E-state index in [1.807, 2.05) is 0 Å². The van der Waals surface area contributed by atoms with Crippen molar-refractivity contribution in [2.24, 2.45) is 5.92 Å². The third kappa shape index (κ3) is 5.85. The minimum Gasteiger partial charge on any atom is -0.431 e. The lowest BCUT2D eigenvalue weighted by atomic mass is 9.75. The Morgan fingerprint density at radius 1 is 1.14 bits per heavy atom. The lowest BCUT2D eigenvalue weighted by Gasteiger charge is -2.29. The van der Waals surface area contributed by atoms with E-state index in [1.165, 1.54) is 12.1 Å². The lowest BCUT2D eigenvalue weighted by Crippen LogP contribution is -2.18. The summed E-state index contributed by atoms with van der Waals surface area (Å²) in [6.07, 6.45) is 0.907. The summed E-state index contributed by atoms with van der Waals surface area (Å²) < 4.78 is 63.5. The van der Waals surface area contributed by atoms with E-state index in [0.717, 1.165) is 13.0 Å². The third-order valence-electron chi connectivity index (χ3n) is 4.37. The maximum absolute atomic E-state index is 12.6. The zero-order chi connectivity index (χ0) is 21.6. The molecule has 0 bridgehead atoms. The maximum atomic E-state index is 12.6. The van der Waals surface area contributed by atoms with Crippen molar-refractivity contribution in [3.05, 3.63) is 35.1 Å². The van der Waals surface area contributed by atoms with Crippen molar-refractivity contribution in [2.45, 2.75) is 45.3 Å². The molecule has 0 amide bonds. The molecule has 0 N–H and O–H groups in total. The quantitative estimate of drug-likeness (QED) is 0.293. The van der Waals surface area contributed by atoms with E-state index < -0.39 is 36.6 Å². The van der Waals surface area contributed by atoms with Gasteiger partial charge in [-0.05, 0) is 42.9 Å². The molecule has 1 aromatic rings. The fraction of sp³-hybridized carbons (Fsp3) is 0.421. The van der Waals surface area contributed by atoms with Crippen LogP contribution in [0.25, 0.3) is 0 Å². The van der Waals surface area contributed by atoms with Crippen molar-refractivity contribution in [3.63, 3.8) is 0 Å². The van der Waals surface area contributed by atoms with E-state index in [-0.39, 0.29) is 24.5 Å². The number of allylic oxidation sites excluding steroid dienone is 2. The normalized spacial score (nSPS) is 20.6. The molecule has 154 valence electrons. The van der Waals surface area contributed by atoms with Gasteiger partial charge in [0.2, 0.25) is 5.76 Å². The van der Waals surface area contributed by atoms with Gasteiger partial charge in [-0.25, -0.2) is 0 Å². The summed E-state index contributed by atoms with van der Waals surface area (Å²) in [6.45, 7) is -5.31. The minimum atomic E-state index is -3.24. The number of nitriles is 2. The molecular weight excluding hydrogens is 396 g/mol. The highest BCUT2D eigenvalue weighted by Crippen LogP contribution is 2.43. The van der Waals surface area contributed by atoms with Gasteiger partial charge in [-0.2, -0.15) is 28.1 Å². The second-order valence-electron chi connectivity index (χ2n) is 6.18. The van der Waals surface area contributed by atoms with Gasteiger partial charge < -0.3 is 14.2 Å². The fourth-order valence-corrected chi connectivity index (χ4v) is 3.22. The van der Waals surface area contributed by atoms with Crippen molar-refractivity contribution in [1.82, 2.24) is 0 Å². The van der Waals surface area contributed by atoms with Gasteiger partial charge in [0.1, 0.15) is 6.07 Å². The van der Waals surface area contributed by atoms with Gasteiger partial charge in [-0.1, -0.05) is 6.07 Å². The van der Waals surface area contributed by atoms with Crippen LogP contribution in [-0.2, 0) is 9.53 Å². The highest BCUT2D eigenvalue weighted by molar-refractivity contribution is 5.68. The molecule has 0 heterocycles. The number of hydrogen-bond acceptors (Lipinski definition) is 6. The van der Waals surface area contributed by atoms with Crippen molar-refractivity contribution >= 4 is 5.97 Å². The Hall–Kier alpha value is -3.27. The molecule has 0 aromatic heterocycles. The SMILES string of the molecule is CC(=O)OC(C#N)=C1CCC(c2ccc(OC(F)F)c(OC(F)F)c2)CC1C#N. The standard InChI is InChI=1S/C19H16F4N2O4/c1-10(26)27-17(9-25)14-4-2-11(6-13(14)8-24)12-3-5-15(28-18(20)21)16(7-12)29-19(22)23/h3,5,7,11,13,18-19H,2,4,6H2,1H3. The van der Waals surface area contributed by atoms with Gasteiger partial charge >= 0.3 is 19.2 Å². The number of carbonyl (C=O) groups excluding carboxylic acids is 1. The molecule has 0 spiro atoms. The number of ether oxygens (including phenoxy) is 3. The third-order valence-corrected chi connectivity index (χ3v) is 4.37. The average molecular weight is 412 g/mol. The molecule has 1 fully saturated rings. The van der Waals surface area contributed by atoms with Gasteiger partial charge in [0.05, 0.1) is 12.0 Å². The number of alkyl halides is 4. The number of hydrogen-bond donors (Lipinski definition) is 0. The molecule has 2 rings (SSSR count). The summed E-state index contributed by atoms with van der Waals surface area (Å²) in [4.78, 5) is 11.1. The molecule has 29 heavy (non-hydrogen) atoms. The molecule has 2 unspecified atom stereocenters. The number of esters is 1. The van der Waals surface area contributed by atoms with Crippen LogP contribution in [0.2, 0.25) is 0 Å². The zero-order valence-corrected chi connectivity index (χ0v) is 15.2. The molecule has 2 atom stereocenters. The molecule has 6 nitrogen and oxygen atoms in total. The molecular formula is C19H16F4N2O4. The predicted molar refractivity (Wildman–Crippen MR) is 89.8 cm³/mol. The Kier molecular flexibility index (Phi) is 7.43. The van der Waals surface area contributed by atoms with E-state index in [2.05, 4.69) is 15.5 Å². The zero-order valence-electron chi connectivity index (χ0n) is 15.2. The number of halogens is 4. The van der Waals surface area contributed by atoms with E-state index >= 15 is 0 Å². The van der Waals surface area contributed by atoms with E-state index in [4.69, 9.17) is 4.74 Å². The van der Waals surface area contributed by atoms with Crippen molar-refractivity contribution in [3.8, 4) is 23.6 Å². The first kappa shape index (κ1) is 22.0. The Bertz CT molecular complexity index is 874. The predicted octanol–water partition coefficient (Wildman–Crippen LogP) is 4.64. The first-order chi connectivity index (χ1) is 13.7. The highest BCUT2D eigenvalue weighted by atomic mass is 19.3. The second kappa shape index (κ2) is 9.78. The average Bonchev–Trinajstić information content (AvgIpc) is 2.66. The molecule has 1 aliphatic rings. The lowest BCUT2D eigenvalue weighted by molar-refractivity contribution is -0.136. The van der Waals surface area contributed by atoms with Crippen molar-refractivity contribution in [1.29, 1.82) is 10.5 Å². The monoisotopic (exact) mass is 412 g/mol. The molecule has 0 aliphatic heterocycles. The van der Waals surface area contributed by atoms with Crippen LogP contribution in [0.15, 0.2) is 29.5 Å². The smallest absolute Gasteiger partial charge is 0.387 e. The minimum absolute atomic E-state index is 0.218. The molecule has 1 aromatic carbocycles. The topological polar surface area (TPSA) is 92.3 Å². The Morgan fingerprint density at radius 2 is 1.79 bits per heavy atom. The van der Waals surface area contributed by atoms with E-state index in [0.29, 0.717) is 17.6 Å². The highest BCUT2D eigenvalue weighted by Gasteiger charge is 2.31. The number of rotatable bonds is 6. The summed E-state index contributed by atoms with van der Waals surface area (Å²) in [5.74, 6) is -2.99. The summed E-state index contributed by atoms with van der Waals surface area (Å²) in [5, 5.41) is 18.6. The number of benzene rings is 1. The summed E-state index contributed by atoms with van der Waals surface area (Å²) in [7, 11) is 0. The van der Waals surface area contributed by atoms with Gasteiger partial charge in [-0.15, -0.1) is 0 Å².